The third kappa shape index (κ3) is 4.96. The van der Waals surface area contributed by atoms with E-state index in [1.807, 2.05) is 13.0 Å². The lowest BCUT2D eigenvalue weighted by molar-refractivity contribution is -0.205. The first-order valence-electron chi connectivity index (χ1n) is 14.5. The van der Waals surface area contributed by atoms with Crippen molar-refractivity contribution in [2.75, 3.05) is 12.3 Å². The Labute approximate surface area is 227 Å². The first-order valence-corrected chi connectivity index (χ1v) is 15.5. The highest BCUT2D eigenvalue weighted by Crippen LogP contribution is 2.68. The molecule has 4 aliphatic carbocycles. The first kappa shape index (κ1) is 29.1. The van der Waals surface area contributed by atoms with Crippen molar-refractivity contribution in [2.24, 2.45) is 34.0 Å². The normalized spacial score (nSPS) is 48.0. The van der Waals surface area contributed by atoms with Gasteiger partial charge in [0.05, 0.1) is 18.0 Å². The lowest BCUT2D eigenvalue weighted by Crippen LogP contribution is -2.63. The maximum Gasteiger partial charge on any atom is 0.316 e. The number of rotatable bonds is 7. The zero-order valence-corrected chi connectivity index (χ0v) is 24.3. The van der Waals surface area contributed by atoms with Crippen LogP contribution in [0, 0.1) is 34.0 Å². The van der Waals surface area contributed by atoms with Crippen LogP contribution < -0.4 is 5.32 Å². The SMILES string of the molecule is C=C[C@]1(C)C[C@@H](OC(=O)CS[C@@H]2C[C@@H](NCC)CC[C@H]2O)[C@]2(C)[C@H](C)CC[C@]3(CCC(=O)[C@H]32)[C@@H](C)[C@@H]1O. The topological polar surface area (TPSA) is 95.9 Å². The van der Waals surface area contributed by atoms with E-state index >= 15 is 0 Å². The summed E-state index contributed by atoms with van der Waals surface area (Å²) in [5.41, 5.74) is -1.39. The van der Waals surface area contributed by atoms with E-state index in [4.69, 9.17) is 4.74 Å². The van der Waals surface area contributed by atoms with E-state index in [2.05, 4.69) is 39.6 Å². The van der Waals surface area contributed by atoms with Gasteiger partial charge in [-0.25, -0.2) is 0 Å². The average Bonchev–Trinajstić information content (AvgIpc) is 3.23. The van der Waals surface area contributed by atoms with Crippen molar-refractivity contribution in [1.82, 2.24) is 5.32 Å². The van der Waals surface area contributed by atoms with E-state index < -0.39 is 29.1 Å². The second-order valence-corrected chi connectivity index (χ2v) is 14.3. The van der Waals surface area contributed by atoms with Crippen LogP contribution in [0.2, 0.25) is 0 Å². The molecule has 2 bridgehead atoms. The minimum atomic E-state index is -0.660. The fraction of sp³-hybridized carbons (Fsp3) is 0.867. The predicted molar refractivity (Wildman–Crippen MR) is 148 cm³/mol. The molecule has 0 unspecified atom stereocenters. The number of hydrogen-bond donors (Lipinski definition) is 3. The van der Waals surface area contributed by atoms with Gasteiger partial charge in [-0.05, 0) is 68.7 Å². The van der Waals surface area contributed by atoms with Crippen molar-refractivity contribution in [3.05, 3.63) is 12.7 Å². The number of carbonyl (C=O) groups is 2. The van der Waals surface area contributed by atoms with Crippen LogP contribution in [0.4, 0.5) is 0 Å². The van der Waals surface area contributed by atoms with E-state index in [1.165, 1.54) is 11.8 Å². The van der Waals surface area contributed by atoms with Crippen LogP contribution >= 0.6 is 11.8 Å². The van der Waals surface area contributed by atoms with Gasteiger partial charge in [0.1, 0.15) is 11.9 Å². The van der Waals surface area contributed by atoms with Crippen LogP contribution in [0.5, 0.6) is 0 Å². The van der Waals surface area contributed by atoms with Crippen molar-refractivity contribution >= 4 is 23.5 Å². The molecule has 4 aliphatic rings. The predicted octanol–water partition coefficient (Wildman–Crippen LogP) is 4.52. The Morgan fingerprint density at radius 3 is 2.62 bits per heavy atom. The van der Waals surface area contributed by atoms with Gasteiger partial charge in [-0.1, -0.05) is 40.7 Å². The molecule has 0 spiro atoms. The lowest BCUT2D eigenvalue weighted by Gasteiger charge is -2.61. The number of nitrogens with one attached hydrogen (secondary N) is 1. The molecule has 210 valence electrons. The Kier molecular flexibility index (Phi) is 8.60. The number of ether oxygens (including phenoxy) is 1. The largest absolute Gasteiger partial charge is 0.461 e. The van der Waals surface area contributed by atoms with Gasteiger partial charge in [0, 0.05) is 34.5 Å². The Bertz CT molecular complexity index is 882. The molecule has 0 aromatic carbocycles. The number of aliphatic hydroxyl groups excluding tert-OH is 2. The van der Waals surface area contributed by atoms with Crippen molar-refractivity contribution < 1.29 is 24.5 Å². The molecule has 4 saturated carbocycles. The van der Waals surface area contributed by atoms with Gasteiger partial charge in [0.15, 0.2) is 0 Å². The van der Waals surface area contributed by atoms with Gasteiger partial charge in [-0.3, -0.25) is 9.59 Å². The summed E-state index contributed by atoms with van der Waals surface area (Å²) in [6.07, 6.45) is 6.48. The van der Waals surface area contributed by atoms with E-state index in [0.29, 0.717) is 18.9 Å². The van der Waals surface area contributed by atoms with Crippen LogP contribution in [-0.4, -0.2) is 63.9 Å². The molecule has 0 amide bonds. The van der Waals surface area contributed by atoms with Crippen molar-refractivity contribution in [1.29, 1.82) is 0 Å². The van der Waals surface area contributed by atoms with E-state index in [9.17, 15) is 19.8 Å². The van der Waals surface area contributed by atoms with Gasteiger partial charge in [0.25, 0.3) is 0 Å². The first-order chi connectivity index (χ1) is 17.4. The molecule has 4 fully saturated rings. The minimum absolute atomic E-state index is 0.00273. The van der Waals surface area contributed by atoms with E-state index in [-0.39, 0.29) is 45.9 Å². The number of ketones is 1. The molecule has 0 aromatic heterocycles. The highest BCUT2D eigenvalue weighted by molar-refractivity contribution is 8.00. The summed E-state index contributed by atoms with van der Waals surface area (Å²) in [5.74, 6) is 0.117. The van der Waals surface area contributed by atoms with E-state index in [0.717, 1.165) is 45.1 Å². The second kappa shape index (κ2) is 10.9. The highest BCUT2D eigenvalue weighted by atomic mass is 32.2. The number of aliphatic hydroxyl groups is 2. The average molecular weight is 536 g/mol. The Hall–Kier alpha value is -0.890. The molecular weight excluding hydrogens is 486 g/mol. The second-order valence-electron chi connectivity index (χ2n) is 13.0. The third-order valence-electron chi connectivity index (χ3n) is 11.2. The minimum Gasteiger partial charge on any atom is -0.461 e. The molecular formula is C30H49NO5S. The number of hydrogen-bond acceptors (Lipinski definition) is 7. The number of esters is 1. The van der Waals surface area contributed by atoms with Gasteiger partial charge in [-0.15, -0.1) is 18.3 Å². The Morgan fingerprint density at radius 1 is 1.22 bits per heavy atom. The summed E-state index contributed by atoms with van der Waals surface area (Å²) >= 11 is 1.49. The maximum absolute atomic E-state index is 13.5. The smallest absolute Gasteiger partial charge is 0.316 e. The Morgan fingerprint density at radius 2 is 1.95 bits per heavy atom. The Balaban J connectivity index is 1.59. The van der Waals surface area contributed by atoms with Crippen molar-refractivity contribution in [2.45, 2.75) is 116 Å². The molecule has 4 rings (SSSR count). The third-order valence-corrected chi connectivity index (χ3v) is 12.6. The van der Waals surface area contributed by atoms with Gasteiger partial charge < -0.3 is 20.3 Å². The van der Waals surface area contributed by atoms with Crippen molar-refractivity contribution in [3.8, 4) is 0 Å². The quantitative estimate of drug-likeness (QED) is 0.326. The maximum atomic E-state index is 13.5. The highest BCUT2D eigenvalue weighted by Gasteiger charge is 2.68. The summed E-state index contributed by atoms with van der Waals surface area (Å²) in [5, 5.41) is 25.7. The van der Waals surface area contributed by atoms with Gasteiger partial charge in [0.2, 0.25) is 0 Å². The van der Waals surface area contributed by atoms with Crippen LogP contribution in [0.25, 0.3) is 0 Å². The summed E-state index contributed by atoms with van der Waals surface area (Å²) in [6, 6.07) is 0.368. The fourth-order valence-corrected chi connectivity index (χ4v) is 9.78. The number of thioether (sulfide) groups is 1. The molecule has 0 aliphatic heterocycles. The fourth-order valence-electron chi connectivity index (χ4n) is 8.64. The molecule has 7 heteroatoms. The molecule has 37 heavy (non-hydrogen) atoms. The number of Topliss-reactive ketones (excluding diaryl/α,β-unsaturated/α-hetero) is 1. The van der Waals surface area contributed by atoms with Crippen LogP contribution in [0.15, 0.2) is 12.7 Å². The zero-order chi connectivity index (χ0) is 27.2. The molecule has 11 atom stereocenters. The summed E-state index contributed by atoms with van der Waals surface area (Å²) in [4.78, 5) is 26.9. The van der Waals surface area contributed by atoms with Gasteiger partial charge >= 0.3 is 5.97 Å². The van der Waals surface area contributed by atoms with Gasteiger partial charge in [-0.2, -0.15) is 0 Å². The number of carbonyl (C=O) groups excluding carboxylic acids is 2. The van der Waals surface area contributed by atoms with Crippen LogP contribution in [0.3, 0.4) is 0 Å². The molecule has 0 aromatic rings. The monoisotopic (exact) mass is 535 g/mol. The summed E-state index contributed by atoms with van der Waals surface area (Å²) in [7, 11) is 0. The van der Waals surface area contributed by atoms with Crippen molar-refractivity contribution in [3.63, 3.8) is 0 Å². The standard InChI is InChI=1S/C30H49NO5S/c1-7-28(5)16-24(36-25(34)17-37-23-15-20(31-8-2)9-10-21(23)32)29(6)18(3)11-13-30(19(4)27(28)35)14-12-22(33)26(29)30/h7,18-21,23-24,26-27,31-32,35H,1,8-17H2,2-6H3/t18-,19+,20+,21-,23-,24-,26+,27+,28-,29+,30+/m1/s1. The summed E-state index contributed by atoms with van der Waals surface area (Å²) < 4.78 is 6.35. The van der Waals surface area contributed by atoms with Crippen LogP contribution in [0.1, 0.15) is 86.0 Å². The zero-order valence-electron chi connectivity index (χ0n) is 23.5. The lowest BCUT2D eigenvalue weighted by atomic mass is 9.44. The molecule has 0 radical (unpaired) electrons. The van der Waals surface area contributed by atoms with Crippen LogP contribution in [-0.2, 0) is 14.3 Å². The molecule has 6 nitrogen and oxygen atoms in total. The van der Waals surface area contributed by atoms with E-state index in [1.54, 1.807) is 0 Å². The molecule has 0 heterocycles. The summed E-state index contributed by atoms with van der Waals surface area (Å²) in [6.45, 7) is 15.6. The molecule has 0 saturated heterocycles. The molecule has 3 N–H and O–H groups in total.